The Balaban J connectivity index is 2.50. The molecule has 2 rings (SSSR count). The van der Waals surface area contributed by atoms with Crippen LogP contribution in [0.15, 0.2) is 24.3 Å². The first-order valence-corrected chi connectivity index (χ1v) is 6.77. The van der Waals surface area contributed by atoms with Crippen LogP contribution in [0.1, 0.15) is 0 Å². The summed E-state index contributed by atoms with van der Waals surface area (Å²) in [5.41, 5.74) is 5.57. The number of carbonyl (C=O) groups excluding carboxylic acids is 1. The van der Waals surface area contributed by atoms with Gasteiger partial charge in [0.1, 0.15) is 5.75 Å². The molecule has 1 heterocycles. The SMILES string of the molecule is CS(=O)(=O)N1C[C@H](C(N)=O)Oc2ccccc21. The Labute approximate surface area is 99.0 Å². The summed E-state index contributed by atoms with van der Waals surface area (Å²) < 4.78 is 29.7. The molecule has 1 aromatic carbocycles. The molecule has 1 aromatic rings. The first kappa shape index (κ1) is 11.7. The van der Waals surface area contributed by atoms with E-state index in [1.54, 1.807) is 24.3 Å². The average molecular weight is 256 g/mol. The van der Waals surface area contributed by atoms with Gasteiger partial charge in [-0.25, -0.2) is 8.42 Å². The zero-order chi connectivity index (χ0) is 12.6. The molecule has 0 aromatic heterocycles. The van der Waals surface area contributed by atoms with E-state index in [0.29, 0.717) is 11.4 Å². The van der Waals surface area contributed by atoms with E-state index in [1.165, 1.54) is 0 Å². The van der Waals surface area contributed by atoms with Gasteiger partial charge < -0.3 is 10.5 Å². The number of hydrogen-bond acceptors (Lipinski definition) is 4. The standard InChI is InChI=1S/C10H12N2O4S/c1-17(14,15)12-6-9(10(11)13)16-8-5-3-2-4-7(8)12/h2-5,9H,6H2,1H3,(H2,11,13)/t9-/m1/s1. The third-order valence-electron chi connectivity index (χ3n) is 2.45. The average Bonchev–Trinajstić information content (AvgIpc) is 2.26. The van der Waals surface area contributed by atoms with Crippen molar-refractivity contribution in [1.82, 2.24) is 0 Å². The van der Waals surface area contributed by atoms with Crippen LogP contribution in [0.25, 0.3) is 0 Å². The lowest BCUT2D eigenvalue weighted by atomic mass is 10.2. The third kappa shape index (κ3) is 2.19. The molecule has 1 aliphatic heterocycles. The Morgan fingerprint density at radius 3 is 2.71 bits per heavy atom. The fourth-order valence-electron chi connectivity index (χ4n) is 1.66. The number of hydrogen-bond donors (Lipinski definition) is 1. The van der Waals surface area contributed by atoms with Crippen molar-refractivity contribution >= 4 is 21.6 Å². The number of sulfonamides is 1. The van der Waals surface area contributed by atoms with E-state index < -0.39 is 22.0 Å². The summed E-state index contributed by atoms with van der Waals surface area (Å²) in [7, 11) is -3.46. The van der Waals surface area contributed by atoms with Crippen LogP contribution in [0.3, 0.4) is 0 Å². The maximum Gasteiger partial charge on any atom is 0.260 e. The number of para-hydroxylation sites is 2. The topological polar surface area (TPSA) is 89.7 Å². The fraction of sp³-hybridized carbons (Fsp3) is 0.300. The van der Waals surface area contributed by atoms with Crippen molar-refractivity contribution in [2.24, 2.45) is 5.73 Å². The monoisotopic (exact) mass is 256 g/mol. The molecule has 92 valence electrons. The Kier molecular flexibility index (Phi) is 2.70. The summed E-state index contributed by atoms with van der Waals surface area (Å²) >= 11 is 0. The second kappa shape index (κ2) is 3.92. The number of rotatable bonds is 2. The van der Waals surface area contributed by atoms with E-state index in [0.717, 1.165) is 10.6 Å². The van der Waals surface area contributed by atoms with E-state index in [-0.39, 0.29) is 6.54 Å². The van der Waals surface area contributed by atoms with Crippen LogP contribution >= 0.6 is 0 Å². The minimum atomic E-state index is -3.46. The number of fused-ring (bicyclic) bond motifs is 1. The largest absolute Gasteiger partial charge is 0.476 e. The van der Waals surface area contributed by atoms with Crippen LogP contribution in [-0.2, 0) is 14.8 Å². The summed E-state index contributed by atoms with van der Waals surface area (Å²) in [4.78, 5) is 11.1. The molecule has 2 N–H and O–H groups in total. The number of anilines is 1. The van der Waals surface area contributed by atoms with Gasteiger partial charge in [0.15, 0.2) is 6.10 Å². The molecule has 1 atom stereocenters. The molecule has 0 radical (unpaired) electrons. The summed E-state index contributed by atoms with van der Waals surface area (Å²) in [6.07, 6.45) is 0.118. The van der Waals surface area contributed by atoms with Gasteiger partial charge in [-0.05, 0) is 12.1 Å². The van der Waals surface area contributed by atoms with Crippen molar-refractivity contribution in [1.29, 1.82) is 0 Å². The molecule has 0 saturated heterocycles. The predicted molar refractivity (Wildman–Crippen MR) is 62.2 cm³/mol. The minimum absolute atomic E-state index is 0.0921. The van der Waals surface area contributed by atoms with Crippen LogP contribution in [0.5, 0.6) is 5.75 Å². The summed E-state index contributed by atoms with van der Waals surface area (Å²) in [6.45, 7) is -0.0921. The lowest BCUT2D eigenvalue weighted by Gasteiger charge is -2.33. The molecule has 0 spiro atoms. The van der Waals surface area contributed by atoms with Crippen LogP contribution in [0.2, 0.25) is 0 Å². The molecule has 1 amide bonds. The molecule has 0 fully saturated rings. The van der Waals surface area contributed by atoms with Gasteiger partial charge in [0.25, 0.3) is 5.91 Å². The van der Waals surface area contributed by atoms with Gasteiger partial charge in [-0.1, -0.05) is 12.1 Å². The van der Waals surface area contributed by atoms with Crippen molar-refractivity contribution in [2.45, 2.75) is 6.10 Å². The maximum atomic E-state index is 11.6. The maximum absolute atomic E-state index is 11.6. The highest BCUT2D eigenvalue weighted by atomic mass is 32.2. The summed E-state index contributed by atoms with van der Waals surface area (Å²) in [6, 6.07) is 6.61. The Bertz CT molecular complexity index is 555. The molecule has 7 heteroatoms. The highest BCUT2D eigenvalue weighted by Gasteiger charge is 2.33. The van der Waals surface area contributed by atoms with Crippen molar-refractivity contribution in [2.75, 3.05) is 17.1 Å². The van der Waals surface area contributed by atoms with Crippen LogP contribution in [0.4, 0.5) is 5.69 Å². The zero-order valence-corrected chi connectivity index (χ0v) is 9.98. The van der Waals surface area contributed by atoms with Crippen molar-refractivity contribution in [3.63, 3.8) is 0 Å². The van der Waals surface area contributed by atoms with E-state index in [9.17, 15) is 13.2 Å². The van der Waals surface area contributed by atoms with E-state index in [4.69, 9.17) is 10.5 Å². The Hall–Kier alpha value is -1.76. The first-order chi connectivity index (χ1) is 7.89. The van der Waals surface area contributed by atoms with Crippen LogP contribution in [0, 0.1) is 0 Å². The molecule has 0 bridgehead atoms. The highest BCUT2D eigenvalue weighted by molar-refractivity contribution is 7.92. The number of nitrogens with zero attached hydrogens (tertiary/aromatic N) is 1. The number of benzene rings is 1. The fourth-order valence-corrected chi connectivity index (χ4v) is 2.58. The van der Waals surface area contributed by atoms with Crippen LogP contribution in [-0.4, -0.2) is 33.2 Å². The molecular formula is C10H12N2O4S. The summed E-state index contributed by atoms with van der Waals surface area (Å²) in [5, 5.41) is 0. The number of nitrogens with two attached hydrogens (primary N) is 1. The minimum Gasteiger partial charge on any atom is -0.476 e. The molecule has 6 nitrogen and oxygen atoms in total. The van der Waals surface area contributed by atoms with E-state index in [1.807, 2.05) is 0 Å². The van der Waals surface area contributed by atoms with Crippen molar-refractivity contribution < 1.29 is 17.9 Å². The van der Waals surface area contributed by atoms with Gasteiger partial charge in [-0.3, -0.25) is 9.10 Å². The first-order valence-electron chi connectivity index (χ1n) is 4.92. The molecule has 17 heavy (non-hydrogen) atoms. The quantitative estimate of drug-likeness (QED) is 0.786. The second-order valence-corrected chi connectivity index (χ2v) is 5.68. The molecule has 0 aliphatic carbocycles. The molecular weight excluding hydrogens is 244 g/mol. The molecule has 1 aliphatic rings. The number of ether oxygens (including phenoxy) is 1. The van der Waals surface area contributed by atoms with Gasteiger partial charge in [0, 0.05) is 0 Å². The Morgan fingerprint density at radius 2 is 2.12 bits per heavy atom. The van der Waals surface area contributed by atoms with E-state index in [2.05, 4.69) is 0 Å². The van der Waals surface area contributed by atoms with Crippen molar-refractivity contribution in [3.05, 3.63) is 24.3 Å². The van der Waals surface area contributed by atoms with Gasteiger partial charge in [-0.15, -0.1) is 0 Å². The lowest BCUT2D eigenvalue weighted by molar-refractivity contribution is -0.124. The van der Waals surface area contributed by atoms with Gasteiger partial charge in [0.2, 0.25) is 10.0 Å². The third-order valence-corrected chi connectivity index (χ3v) is 3.60. The normalized spacial score (nSPS) is 19.4. The summed E-state index contributed by atoms with van der Waals surface area (Å²) in [5.74, 6) is -0.346. The van der Waals surface area contributed by atoms with Gasteiger partial charge >= 0.3 is 0 Å². The zero-order valence-electron chi connectivity index (χ0n) is 9.16. The molecule has 0 unspecified atom stereocenters. The number of carbonyl (C=O) groups is 1. The smallest absolute Gasteiger partial charge is 0.260 e. The lowest BCUT2D eigenvalue weighted by Crippen LogP contribution is -2.48. The van der Waals surface area contributed by atoms with E-state index >= 15 is 0 Å². The van der Waals surface area contributed by atoms with Crippen molar-refractivity contribution in [3.8, 4) is 5.75 Å². The highest BCUT2D eigenvalue weighted by Crippen LogP contribution is 2.34. The number of amides is 1. The molecule has 0 saturated carbocycles. The predicted octanol–water partition coefficient (Wildman–Crippen LogP) is -0.301. The van der Waals surface area contributed by atoms with Gasteiger partial charge in [-0.2, -0.15) is 0 Å². The number of primary amides is 1. The Morgan fingerprint density at radius 1 is 1.47 bits per heavy atom. The van der Waals surface area contributed by atoms with Gasteiger partial charge in [0.05, 0.1) is 18.5 Å². The van der Waals surface area contributed by atoms with Crippen LogP contribution < -0.4 is 14.8 Å². The second-order valence-electron chi connectivity index (χ2n) is 3.77.